The predicted molar refractivity (Wildman–Crippen MR) is 110 cm³/mol. The van der Waals surface area contributed by atoms with Gasteiger partial charge in [-0.25, -0.2) is 23.1 Å². The van der Waals surface area contributed by atoms with Gasteiger partial charge in [-0.2, -0.15) is 0 Å². The third-order valence-electron chi connectivity index (χ3n) is 4.80. The van der Waals surface area contributed by atoms with Gasteiger partial charge in [0.05, 0.1) is 0 Å². The lowest BCUT2D eigenvalue weighted by molar-refractivity contribution is 0.0979. The molecule has 0 aliphatic heterocycles. The molecule has 2 aromatic heterocycles. The van der Waals surface area contributed by atoms with Crippen LogP contribution in [0.1, 0.15) is 33.9 Å². The Morgan fingerprint density at radius 3 is 2.42 bits per heavy atom. The third kappa shape index (κ3) is 4.53. The Bertz CT molecular complexity index is 1290. The number of nitrogens with two attached hydrogens (primary N) is 1. The van der Waals surface area contributed by atoms with E-state index in [0.29, 0.717) is 35.2 Å². The molecule has 31 heavy (non-hydrogen) atoms. The minimum atomic E-state index is -0.910. The first-order valence-corrected chi connectivity index (χ1v) is 9.54. The van der Waals surface area contributed by atoms with E-state index in [2.05, 4.69) is 15.0 Å². The number of para-hydroxylation sites is 1. The monoisotopic (exact) mass is 422 g/mol. The summed E-state index contributed by atoms with van der Waals surface area (Å²) in [6.45, 7) is 0. The molecule has 0 saturated heterocycles. The highest BCUT2D eigenvalue weighted by molar-refractivity contribution is 6.06. The van der Waals surface area contributed by atoms with E-state index in [1.54, 1.807) is 24.3 Å². The number of ketones is 1. The molecule has 0 aliphatic rings. The Balaban J connectivity index is 1.50. The number of hydrogen-bond acceptors (Lipinski definition) is 5. The average Bonchev–Trinajstić information content (AvgIpc) is 2.75. The first kappa shape index (κ1) is 20.5. The summed E-state index contributed by atoms with van der Waals surface area (Å²) >= 11 is 0. The molecule has 0 amide bonds. The largest absolute Gasteiger partial charge is 0.368 e. The van der Waals surface area contributed by atoms with Gasteiger partial charge in [0.25, 0.3) is 0 Å². The number of fused-ring (bicyclic) bond motifs is 1. The first-order chi connectivity index (χ1) is 14.9. The molecule has 8 heteroatoms. The van der Waals surface area contributed by atoms with Gasteiger partial charge in [-0.05, 0) is 42.3 Å². The molecule has 0 aliphatic carbocycles. The summed E-state index contributed by atoms with van der Waals surface area (Å²) in [5.74, 6) is -2.87. The Morgan fingerprint density at radius 1 is 0.839 bits per heavy atom. The SMILES string of the molecule is Nc1nc(C(=O)CCc2cccc(Cc3ccc(F)c(F)c3)n2)c2cccc(F)c2n1. The van der Waals surface area contributed by atoms with Crippen molar-refractivity contribution in [3.05, 3.63) is 94.7 Å². The Kier molecular flexibility index (Phi) is 5.62. The molecule has 0 unspecified atom stereocenters. The molecule has 156 valence electrons. The fourth-order valence-corrected chi connectivity index (χ4v) is 3.33. The van der Waals surface area contributed by atoms with E-state index in [-0.39, 0.29) is 29.4 Å². The fraction of sp³-hybridized carbons (Fsp3) is 0.130. The molecule has 0 bridgehead atoms. The maximum absolute atomic E-state index is 14.0. The number of carbonyl (C=O) groups is 1. The van der Waals surface area contributed by atoms with Crippen LogP contribution in [0.2, 0.25) is 0 Å². The second-order valence-corrected chi connectivity index (χ2v) is 7.04. The van der Waals surface area contributed by atoms with E-state index < -0.39 is 17.5 Å². The zero-order chi connectivity index (χ0) is 22.0. The van der Waals surface area contributed by atoms with Crippen molar-refractivity contribution in [1.82, 2.24) is 15.0 Å². The summed E-state index contributed by atoms with van der Waals surface area (Å²) in [4.78, 5) is 25.1. The number of aromatic nitrogens is 3. The maximum atomic E-state index is 14.0. The lowest BCUT2D eigenvalue weighted by Gasteiger charge is -2.08. The van der Waals surface area contributed by atoms with Crippen molar-refractivity contribution in [2.75, 3.05) is 5.73 Å². The van der Waals surface area contributed by atoms with Crippen LogP contribution >= 0.6 is 0 Å². The number of benzene rings is 2. The topological polar surface area (TPSA) is 81.8 Å². The van der Waals surface area contributed by atoms with Crippen LogP contribution < -0.4 is 5.73 Å². The minimum absolute atomic E-state index is 0.00463. The summed E-state index contributed by atoms with van der Waals surface area (Å²) in [5.41, 5.74) is 7.63. The molecule has 2 heterocycles. The van der Waals surface area contributed by atoms with Crippen LogP contribution in [-0.2, 0) is 12.8 Å². The molecule has 0 fully saturated rings. The van der Waals surface area contributed by atoms with Crippen LogP contribution in [0.25, 0.3) is 10.9 Å². The van der Waals surface area contributed by atoms with Crippen molar-refractivity contribution < 1.29 is 18.0 Å². The van der Waals surface area contributed by atoms with Gasteiger partial charge in [0.2, 0.25) is 5.95 Å². The van der Waals surface area contributed by atoms with Crippen molar-refractivity contribution in [3.63, 3.8) is 0 Å². The van der Waals surface area contributed by atoms with E-state index in [1.165, 1.54) is 18.2 Å². The van der Waals surface area contributed by atoms with E-state index in [1.807, 2.05) is 0 Å². The van der Waals surface area contributed by atoms with Gasteiger partial charge in [0.1, 0.15) is 17.0 Å². The van der Waals surface area contributed by atoms with Crippen molar-refractivity contribution in [2.45, 2.75) is 19.3 Å². The number of nitrogens with zero attached hydrogens (tertiary/aromatic N) is 3. The number of hydrogen-bond donors (Lipinski definition) is 1. The second kappa shape index (κ2) is 8.51. The lowest BCUT2D eigenvalue weighted by atomic mass is 10.0. The van der Waals surface area contributed by atoms with Crippen LogP contribution in [0.15, 0.2) is 54.6 Å². The Labute approximate surface area is 175 Å². The van der Waals surface area contributed by atoms with Gasteiger partial charge in [-0.15, -0.1) is 0 Å². The maximum Gasteiger partial charge on any atom is 0.221 e. The molecule has 2 aromatic carbocycles. The van der Waals surface area contributed by atoms with Gasteiger partial charge in [0.15, 0.2) is 17.4 Å². The van der Waals surface area contributed by atoms with Gasteiger partial charge >= 0.3 is 0 Å². The second-order valence-electron chi connectivity index (χ2n) is 7.04. The van der Waals surface area contributed by atoms with Crippen LogP contribution in [0.3, 0.4) is 0 Å². The number of aryl methyl sites for hydroxylation is 1. The highest BCUT2D eigenvalue weighted by atomic mass is 19.2. The molecular formula is C23H17F3N4O. The Hall–Kier alpha value is -3.81. The molecule has 2 N–H and O–H groups in total. The lowest BCUT2D eigenvalue weighted by Crippen LogP contribution is -2.09. The number of carbonyl (C=O) groups excluding carboxylic acids is 1. The highest BCUT2D eigenvalue weighted by Gasteiger charge is 2.16. The smallest absolute Gasteiger partial charge is 0.221 e. The summed E-state index contributed by atoms with van der Waals surface area (Å²) in [6.07, 6.45) is 0.736. The Morgan fingerprint density at radius 2 is 1.61 bits per heavy atom. The molecule has 4 aromatic rings. The van der Waals surface area contributed by atoms with Gasteiger partial charge in [-0.3, -0.25) is 9.78 Å². The van der Waals surface area contributed by atoms with Crippen LogP contribution in [-0.4, -0.2) is 20.7 Å². The highest BCUT2D eigenvalue weighted by Crippen LogP contribution is 2.21. The molecule has 5 nitrogen and oxygen atoms in total. The number of pyridine rings is 1. The number of rotatable bonds is 6. The standard InChI is InChI=1S/C23H17F3N4O/c24-17-9-7-13(12-19(17)26)11-15-4-1-3-14(28-15)8-10-20(31)22-16-5-2-6-18(25)21(16)29-23(27)30-22/h1-7,9,12H,8,10-11H2,(H2,27,29,30). The number of halogens is 3. The minimum Gasteiger partial charge on any atom is -0.368 e. The summed E-state index contributed by atoms with van der Waals surface area (Å²) in [6, 6.07) is 13.3. The molecule has 0 saturated carbocycles. The van der Waals surface area contributed by atoms with Gasteiger partial charge < -0.3 is 5.73 Å². The predicted octanol–water partition coefficient (Wildman–Crippen LogP) is 4.43. The molecule has 4 rings (SSSR count). The number of Topliss-reactive ketones (excluding diaryl/α,β-unsaturated/α-hetero) is 1. The summed E-state index contributed by atoms with van der Waals surface area (Å²) in [7, 11) is 0. The number of nitrogen functional groups attached to an aromatic ring is 1. The molecule has 0 radical (unpaired) electrons. The molecule has 0 spiro atoms. The summed E-state index contributed by atoms with van der Waals surface area (Å²) < 4.78 is 40.5. The van der Waals surface area contributed by atoms with E-state index in [4.69, 9.17) is 5.73 Å². The fourth-order valence-electron chi connectivity index (χ4n) is 3.33. The van der Waals surface area contributed by atoms with E-state index >= 15 is 0 Å². The van der Waals surface area contributed by atoms with Gasteiger partial charge in [0, 0.05) is 29.6 Å². The van der Waals surface area contributed by atoms with Crippen LogP contribution in [0.4, 0.5) is 19.1 Å². The van der Waals surface area contributed by atoms with Crippen molar-refractivity contribution in [2.24, 2.45) is 0 Å². The van der Waals surface area contributed by atoms with Crippen molar-refractivity contribution in [1.29, 1.82) is 0 Å². The zero-order valence-corrected chi connectivity index (χ0v) is 16.3. The van der Waals surface area contributed by atoms with E-state index in [0.717, 1.165) is 12.1 Å². The number of anilines is 1. The van der Waals surface area contributed by atoms with Gasteiger partial charge in [-0.1, -0.05) is 24.3 Å². The van der Waals surface area contributed by atoms with Crippen LogP contribution in [0.5, 0.6) is 0 Å². The normalized spacial score (nSPS) is 11.1. The third-order valence-corrected chi connectivity index (χ3v) is 4.80. The molecular weight excluding hydrogens is 405 g/mol. The quantitative estimate of drug-likeness (QED) is 0.465. The van der Waals surface area contributed by atoms with E-state index in [9.17, 15) is 18.0 Å². The summed E-state index contributed by atoms with van der Waals surface area (Å²) in [5, 5.41) is 0.305. The average molecular weight is 422 g/mol. The van der Waals surface area contributed by atoms with Crippen LogP contribution in [0, 0.1) is 17.5 Å². The zero-order valence-electron chi connectivity index (χ0n) is 16.3. The first-order valence-electron chi connectivity index (χ1n) is 9.54. The van der Waals surface area contributed by atoms with Crippen molar-refractivity contribution in [3.8, 4) is 0 Å². The molecule has 0 atom stereocenters. The van der Waals surface area contributed by atoms with Crippen molar-refractivity contribution >= 4 is 22.6 Å².